The normalized spacial score (nSPS) is 10.2. The van der Waals surface area contributed by atoms with Gasteiger partial charge < -0.3 is 10.1 Å². The summed E-state index contributed by atoms with van der Waals surface area (Å²) in [7, 11) is 1.63. The van der Waals surface area contributed by atoms with Crippen LogP contribution in [0.15, 0.2) is 51.4 Å². The maximum atomic E-state index is 12.1. The Morgan fingerprint density at radius 3 is 2.45 bits per heavy atom. The number of hydrogen-bond acceptors (Lipinski definition) is 2. The largest absolute Gasteiger partial charge is 0.497 e. The third-order valence-electron chi connectivity index (χ3n) is 2.79. The average molecular weight is 399 g/mol. The van der Waals surface area contributed by atoms with Crippen molar-refractivity contribution in [3.63, 3.8) is 0 Å². The van der Waals surface area contributed by atoms with Crippen LogP contribution in [0.1, 0.15) is 15.9 Å². The number of carbonyl (C=O) groups is 1. The fraction of sp³-hybridized carbons (Fsp3) is 0.133. The smallest absolute Gasteiger partial charge is 0.252 e. The topological polar surface area (TPSA) is 38.3 Å². The van der Waals surface area contributed by atoms with Gasteiger partial charge in [0.2, 0.25) is 0 Å². The number of methoxy groups -OCH3 is 1. The molecule has 0 radical (unpaired) electrons. The van der Waals surface area contributed by atoms with E-state index in [0.29, 0.717) is 12.1 Å². The van der Waals surface area contributed by atoms with Crippen LogP contribution in [0.4, 0.5) is 0 Å². The Balaban J connectivity index is 2.00. The van der Waals surface area contributed by atoms with Gasteiger partial charge in [0.15, 0.2) is 0 Å². The fourth-order valence-electron chi connectivity index (χ4n) is 1.69. The Labute approximate surface area is 134 Å². The molecule has 0 saturated carbocycles. The monoisotopic (exact) mass is 397 g/mol. The molecule has 20 heavy (non-hydrogen) atoms. The zero-order valence-corrected chi connectivity index (χ0v) is 14.0. The van der Waals surface area contributed by atoms with Crippen LogP contribution in [0.3, 0.4) is 0 Å². The van der Waals surface area contributed by atoms with E-state index in [1.807, 2.05) is 36.4 Å². The van der Waals surface area contributed by atoms with Crippen LogP contribution in [0, 0.1) is 0 Å². The molecule has 2 aromatic rings. The molecule has 3 nitrogen and oxygen atoms in total. The first-order valence-corrected chi connectivity index (χ1v) is 7.55. The summed E-state index contributed by atoms with van der Waals surface area (Å²) in [5.74, 6) is 0.691. The van der Waals surface area contributed by atoms with Gasteiger partial charge in [-0.1, -0.05) is 28.1 Å². The highest BCUT2D eigenvalue weighted by atomic mass is 79.9. The molecule has 1 amide bonds. The van der Waals surface area contributed by atoms with Crippen molar-refractivity contribution in [2.24, 2.45) is 0 Å². The van der Waals surface area contributed by atoms with Crippen LogP contribution >= 0.6 is 31.9 Å². The molecular formula is C15H13Br2NO2. The zero-order chi connectivity index (χ0) is 14.5. The van der Waals surface area contributed by atoms with Gasteiger partial charge in [-0.25, -0.2) is 0 Å². The lowest BCUT2D eigenvalue weighted by molar-refractivity contribution is 0.0950. The van der Waals surface area contributed by atoms with Gasteiger partial charge in [0.1, 0.15) is 5.75 Å². The molecule has 2 rings (SSSR count). The molecule has 5 heteroatoms. The van der Waals surface area contributed by atoms with Crippen molar-refractivity contribution >= 4 is 37.8 Å². The van der Waals surface area contributed by atoms with Crippen LogP contribution in [-0.4, -0.2) is 13.0 Å². The van der Waals surface area contributed by atoms with E-state index in [1.165, 1.54) is 0 Å². The molecule has 0 saturated heterocycles. The molecule has 0 aliphatic carbocycles. The number of hydrogen-bond donors (Lipinski definition) is 1. The third kappa shape index (κ3) is 3.84. The minimum atomic E-state index is -0.111. The van der Waals surface area contributed by atoms with Gasteiger partial charge in [-0.05, 0) is 51.8 Å². The maximum Gasteiger partial charge on any atom is 0.252 e. The maximum absolute atomic E-state index is 12.1. The number of ether oxygens (including phenoxy) is 1. The quantitative estimate of drug-likeness (QED) is 0.839. The summed E-state index contributed by atoms with van der Waals surface area (Å²) in [5.41, 5.74) is 1.63. The highest BCUT2D eigenvalue weighted by molar-refractivity contribution is 9.11. The molecule has 0 unspecified atom stereocenters. The van der Waals surface area contributed by atoms with Gasteiger partial charge in [0.05, 0.1) is 12.7 Å². The van der Waals surface area contributed by atoms with Gasteiger partial charge in [-0.3, -0.25) is 4.79 Å². The fourth-order valence-corrected chi connectivity index (χ4v) is 2.92. The second-order valence-electron chi connectivity index (χ2n) is 4.15. The highest BCUT2D eigenvalue weighted by Gasteiger charge is 2.09. The van der Waals surface area contributed by atoms with E-state index in [1.54, 1.807) is 13.2 Å². The Kier molecular flexibility index (Phi) is 5.20. The summed E-state index contributed by atoms with van der Waals surface area (Å²) in [4.78, 5) is 12.1. The van der Waals surface area contributed by atoms with Crippen molar-refractivity contribution in [3.8, 4) is 5.75 Å². The summed E-state index contributed by atoms with van der Waals surface area (Å²) in [6.07, 6.45) is 0. The molecule has 0 spiro atoms. The minimum absolute atomic E-state index is 0.111. The Morgan fingerprint density at radius 2 is 1.85 bits per heavy atom. The van der Waals surface area contributed by atoms with Crippen LogP contribution in [-0.2, 0) is 6.54 Å². The molecule has 0 heterocycles. The summed E-state index contributed by atoms with van der Waals surface area (Å²) < 4.78 is 6.78. The van der Waals surface area contributed by atoms with Crippen LogP contribution in [0.2, 0.25) is 0 Å². The lowest BCUT2D eigenvalue weighted by Crippen LogP contribution is -2.23. The molecule has 1 N–H and O–H groups in total. The summed E-state index contributed by atoms with van der Waals surface area (Å²) in [5, 5.41) is 2.89. The van der Waals surface area contributed by atoms with E-state index in [4.69, 9.17) is 4.74 Å². The van der Waals surface area contributed by atoms with Crippen molar-refractivity contribution in [2.75, 3.05) is 7.11 Å². The number of rotatable bonds is 4. The van der Waals surface area contributed by atoms with Crippen molar-refractivity contribution in [1.82, 2.24) is 5.32 Å². The van der Waals surface area contributed by atoms with Crippen LogP contribution < -0.4 is 10.1 Å². The first kappa shape index (κ1) is 15.1. The molecule has 0 aliphatic rings. The van der Waals surface area contributed by atoms with Crippen molar-refractivity contribution < 1.29 is 9.53 Å². The first-order valence-electron chi connectivity index (χ1n) is 5.96. The first-order chi connectivity index (χ1) is 9.60. The van der Waals surface area contributed by atoms with Gasteiger partial charge in [0, 0.05) is 15.5 Å². The molecule has 0 bridgehead atoms. The second kappa shape index (κ2) is 6.90. The average Bonchev–Trinajstić information content (AvgIpc) is 2.45. The number of halogens is 2. The zero-order valence-electron chi connectivity index (χ0n) is 10.8. The Bertz CT molecular complexity index is 612. The van der Waals surface area contributed by atoms with Crippen molar-refractivity contribution in [2.45, 2.75) is 6.54 Å². The number of benzene rings is 2. The van der Waals surface area contributed by atoms with E-state index >= 15 is 0 Å². The van der Waals surface area contributed by atoms with E-state index in [2.05, 4.69) is 37.2 Å². The van der Waals surface area contributed by atoms with E-state index in [-0.39, 0.29) is 5.91 Å². The Hall–Kier alpha value is -1.33. The standard InChI is InChI=1S/C15H13Br2NO2/c1-20-12-5-2-10(3-6-12)9-18-15(19)13-7-4-11(16)8-14(13)17/h2-8H,9H2,1H3,(H,18,19). The molecule has 0 aliphatic heterocycles. The van der Waals surface area contributed by atoms with Gasteiger partial charge in [-0.2, -0.15) is 0 Å². The second-order valence-corrected chi connectivity index (χ2v) is 5.92. The summed E-state index contributed by atoms with van der Waals surface area (Å²) >= 11 is 6.75. The molecular weight excluding hydrogens is 386 g/mol. The molecule has 0 fully saturated rings. The molecule has 2 aromatic carbocycles. The van der Waals surface area contributed by atoms with Crippen LogP contribution in [0.25, 0.3) is 0 Å². The van der Waals surface area contributed by atoms with Gasteiger partial charge in [-0.15, -0.1) is 0 Å². The number of carbonyl (C=O) groups excluding carboxylic acids is 1. The van der Waals surface area contributed by atoms with Crippen LogP contribution in [0.5, 0.6) is 5.75 Å². The molecule has 0 aromatic heterocycles. The lowest BCUT2D eigenvalue weighted by Gasteiger charge is -2.08. The third-order valence-corrected chi connectivity index (χ3v) is 3.94. The minimum Gasteiger partial charge on any atom is -0.497 e. The highest BCUT2D eigenvalue weighted by Crippen LogP contribution is 2.22. The SMILES string of the molecule is COc1ccc(CNC(=O)c2ccc(Br)cc2Br)cc1. The van der Waals surface area contributed by atoms with E-state index in [9.17, 15) is 4.79 Å². The Morgan fingerprint density at radius 1 is 1.15 bits per heavy atom. The van der Waals surface area contributed by atoms with Gasteiger partial charge in [0.25, 0.3) is 5.91 Å². The van der Waals surface area contributed by atoms with E-state index < -0.39 is 0 Å². The van der Waals surface area contributed by atoms with Crippen molar-refractivity contribution in [1.29, 1.82) is 0 Å². The van der Waals surface area contributed by atoms with Gasteiger partial charge >= 0.3 is 0 Å². The molecule has 104 valence electrons. The predicted molar refractivity (Wildman–Crippen MR) is 86.0 cm³/mol. The van der Waals surface area contributed by atoms with Crippen molar-refractivity contribution in [3.05, 3.63) is 62.5 Å². The summed E-state index contributed by atoms with van der Waals surface area (Å²) in [6.45, 7) is 0.478. The summed E-state index contributed by atoms with van der Waals surface area (Å²) in [6, 6.07) is 13.1. The molecule has 0 atom stereocenters. The number of nitrogens with one attached hydrogen (secondary N) is 1. The predicted octanol–water partition coefficient (Wildman–Crippen LogP) is 4.15. The number of amides is 1. The lowest BCUT2D eigenvalue weighted by atomic mass is 10.2. The van der Waals surface area contributed by atoms with E-state index in [0.717, 1.165) is 20.3 Å².